The van der Waals surface area contributed by atoms with Gasteiger partial charge in [-0.1, -0.05) is 0 Å². The summed E-state index contributed by atoms with van der Waals surface area (Å²) in [6.07, 6.45) is 2.87. The number of hydrogen-bond acceptors (Lipinski definition) is 2. The fourth-order valence-electron chi connectivity index (χ4n) is 1.15. The molecule has 2 aromatic heterocycles. The van der Waals surface area contributed by atoms with Crippen molar-refractivity contribution in [2.75, 3.05) is 0 Å². The number of pyridine rings is 1. The fraction of sp³-hybridized carbons (Fsp3) is 0.100. The van der Waals surface area contributed by atoms with Crippen molar-refractivity contribution in [3.8, 4) is 10.4 Å². The van der Waals surface area contributed by atoms with E-state index in [1.54, 1.807) is 17.5 Å². The molecular weight excluding hydrogens is 265 g/mol. The molecule has 0 amide bonds. The highest BCUT2D eigenvalue weighted by Gasteiger charge is 2.05. The average Bonchev–Trinajstić information content (AvgIpc) is 2.47. The van der Waals surface area contributed by atoms with Crippen molar-refractivity contribution in [2.45, 2.75) is 6.92 Å². The zero-order chi connectivity index (χ0) is 10.1. The molecule has 0 bridgehead atoms. The molecule has 0 fully saturated rings. The Labute approximate surface area is 93.7 Å². The first-order chi connectivity index (χ1) is 6.66. The molecule has 14 heavy (non-hydrogen) atoms. The minimum Gasteiger partial charge on any atom is -0.261 e. The quantitative estimate of drug-likeness (QED) is 0.764. The van der Waals surface area contributed by atoms with Gasteiger partial charge in [0.15, 0.2) is 0 Å². The predicted molar refractivity (Wildman–Crippen MR) is 59.9 cm³/mol. The molecule has 0 spiro atoms. The SMILES string of the molecule is Cc1sc(-c2cncc(F)c2)cc1Br. The van der Waals surface area contributed by atoms with E-state index in [2.05, 4.69) is 20.9 Å². The minimum absolute atomic E-state index is 0.301. The molecule has 2 heterocycles. The van der Waals surface area contributed by atoms with Gasteiger partial charge in [0.1, 0.15) is 5.82 Å². The Hall–Kier alpha value is -0.740. The highest BCUT2D eigenvalue weighted by atomic mass is 79.9. The van der Waals surface area contributed by atoms with Crippen LogP contribution in [0.4, 0.5) is 4.39 Å². The Bertz CT molecular complexity index is 447. The van der Waals surface area contributed by atoms with E-state index in [1.807, 2.05) is 13.0 Å². The largest absolute Gasteiger partial charge is 0.261 e. The molecule has 0 saturated carbocycles. The van der Waals surface area contributed by atoms with Crippen LogP contribution >= 0.6 is 27.3 Å². The topological polar surface area (TPSA) is 12.9 Å². The zero-order valence-electron chi connectivity index (χ0n) is 7.42. The molecule has 0 N–H and O–H groups in total. The number of aryl methyl sites for hydroxylation is 1. The molecule has 0 atom stereocenters. The van der Waals surface area contributed by atoms with Crippen LogP contribution in [0, 0.1) is 12.7 Å². The van der Waals surface area contributed by atoms with Crippen LogP contribution in [0.2, 0.25) is 0 Å². The van der Waals surface area contributed by atoms with Crippen LogP contribution < -0.4 is 0 Å². The summed E-state index contributed by atoms with van der Waals surface area (Å²) in [4.78, 5) is 6.03. The lowest BCUT2D eigenvalue weighted by Crippen LogP contribution is -1.79. The summed E-state index contributed by atoms with van der Waals surface area (Å²) in [5.41, 5.74) is 0.823. The first-order valence-electron chi connectivity index (χ1n) is 4.03. The van der Waals surface area contributed by atoms with Crippen molar-refractivity contribution in [3.05, 3.63) is 39.7 Å². The van der Waals surface area contributed by atoms with Gasteiger partial charge in [-0.05, 0) is 35.0 Å². The summed E-state index contributed by atoms with van der Waals surface area (Å²) < 4.78 is 13.9. The van der Waals surface area contributed by atoms with Gasteiger partial charge in [0, 0.05) is 26.0 Å². The van der Waals surface area contributed by atoms with E-state index in [1.165, 1.54) is 17.1 Å². The molecule has 4 heteroatoms. The number of rotatable bonds is 1. The van der Waals surface area contributed by atoms with E-state index < -0.39 is 0 Å². The van der Waals surface area contributed by atoms with E-state index in [4.69, 9.17) is 0 Å². The van der Waals surface area contributed by atoms with Crippen LogP contribution in [0.5, 0.6) is 0 Å². The smallest absolute Gasteiger partial charge is 0.142 e. The van der Waals surface area contributed by atoms with Gasteiger partial charge in [-0.15, -0.1) is 11.3 Å². The van der Waals surface area contributed by atoms with Crippen molar-refractivity contribution in [3.63, 3.8) is 0 Å². The van der Waals surface area contributed by atoms with Gasteiger partial charge in [-0.2, -0.15) is 0 Å². The summed E-state index contributed by atoms with van der Waals surface area (Å²) in [5, 5.41) is 0. The Balaban J connectivity index is 2.49. The first kappa shape index (κ1) is 9.80. The second kappa shape index (κ2) is 3.79. The Morgan fingerprint density at radius 2 is 2.14 bits per heavy atom. The van der Waals surface area contributed by atoms with Gasteiger partial charge in [-0.3, -0.25) is 4.98 Å². The predicted octanol–water partition coefficient (Wildman–Crippen LogP) is 4.02. The standard InChI is InChI=1S/C10H7BrFNS/c1-6-9(11)3-10(14-6)7-2-8(12)5-13-4-7/h2-5H,1H3. The molecule has 0 aliphatic heterocycles. The monoisotopic (exact) mass is 271 g/mol. The van der Waals surface area contributed by atoms with Crippen LogP contribution in [0.1, 0.15) is 4.88 Å². The van der Waals surface area contributed by atoms with Crippen LogP contribution in [0.15, 0.2) is 29.0 Å². The third kappa shape index (κ3) is 1.86. The number of aromatic nitrogens is 1. The van der Waals surface area contributed by atoms with Gasteiger partial charge in [0.25, 0.3) is 0 Å². The van der Waals surface area contributed by atoms with Crippen molar-refractivity contribution < 1.29 is 4.39 Å². The molecule has 2 aromatic rings. The summed E-state index contributed by atoms with van der Waals surface area (Å²) in [7, 11) is 0. The average molecular weight is 272 g/mol. The Morgan fingerprint density at radius 3 is 2.71 bits per heavy atom. The van der Waals surface area contributed by atoms with Gasteiger partial charge in [0.05, 0.1) is 6.20 Å². The summed E-state index contributed by atoms with van der Waals surface area (Å²) in [5.74, 6) is -0.301. The molecule has 0 radical (unpaired) electrons. The number of nitrogens with zero attached hydrogens (tertiary/aromatic N) is 1. The summed E-state index contributed by atoms with van der Waals surface area (Å²) in [6, 6.07) is 3.47. The fourth-order valence-corrected chi connectivity index (χ4v) is 2.66. The third-order valence-corrected chi connectivity index (χ3v) is 4.03. The van der Waals surface area contributed by atoms with Crippen molar-refractivity contribution in [1.82, 2.24) is 4.98 Å². The van der Waals surface area contributed by atoms with Gasteiger partial charge >= 0.3 is 0 Å². The van der Waals surface area contributed by atoms with Crippen LogP contribution in [-0.2, 0) is 0 Å². The van der Waals surface area contributed by atoms with Gasteiger partial charge in [-0.25, -0.2) is 4.39 Å². The summed E-state index contributed by atoms with van der Waals surface area (Å²) >= 11 is 5.05. The third-order valence-electron chi connectivity index (χ3n) is 1.85. The minimum atomic E-state index is -0.301. The van der Waals surface area contributed by atoms with Gasteiger partial charge in [0.2, 0.25) is 0 Å². The van der Waals surface area contributed by atoms with E-state index in [-0.39, 0.29) is 5.82 Å². The Kier molecular flexibility index (Phi) is 2.65. The van der Waals surface area contributed by atoms with Crippen LogP contribution in [0.25, 0.3) is 10.4 Å². The highest BCUT2D eigenvalue weighted by molar-refractivity contribution is 9.10. The normalized spacial score (nSPS) is 10.5. The van der Waals surface area contributed by atoms with E-state index in [9.17, 15) is 4.39 Å². The zero-order valence-corrected chi connectivity index (χ0v) is 9.82. The van der Waals surface area contributed by atoms with Crippen molar-refractivity contribution >= 4 is 27.3 Å². The molecule has 0 unspecified atom stereocenters. The lowest BCUT2D eigenvalue weighted by molar-refractivity contribution is 0.622. The lowest BCUT2D eigenvalue weighted by Gasteiger charge is -1.95. The summed E-state index contributed by atoms with van der Waals surface area (Å²) in [6.45, 7) is 2.02. The van der Waals surface area contributed by atoms with E-state index in [0.717, 1.165) is 14.9 Å². The maximum Gasteiger partial charge on any atom is 0.142 e. The van der Waals surface area contributed by atoms with Crippen LogP contribution in [0.3, 0.4) is 0 Å². The lowest BCUT2D eigenvalue weighted by atomic mass is 10.2. The van der Waals surface area contributed by atoms with E-state index in [0.29, 0.717) is 0 Å². The molecule has 0 saturated heterocycles. The van der Waals surface area contributed by atoms with Crippen LogP contribution in [-0.4, -0.2) is 4.98 Å². The highest BCUT2D eigenvalue weighted by Crippen LogP contribution is 2.33. The second-order valence-corrected chi connectivity index (χ2v) is 5.02. The van der Waals surface area contributed by atoms with Crippen molar-refractivity contribution in [1.29, 1.82) is 0 Å². The molecule has 2 rings (SSSR count). The molecule has 1 nitrogen and oxygen atoms in total. The Morgan fingerprint density at radius 1 is 1.36 bits per heavy atom. The number of thiophene rings is 1. The second-order valence-electron chi connectivity index (χ2n) is 2.91. The maximum absolute atomic E-state index is 12.9. The molecule has 0 aromatic carbocycles. The maximum atomic E-state index is 12.9. The number of halogens is 2. The molecular formula is C10H7BrFNS. The molecule has 0 aliphatic rings. The number of hydrogen-bond donors (Lipinski definition) is 0. The van der Waals surface area contributed by atoms with E-state index >= 15 is 0 Å². The molecule has 72 valence electrons. The molecule has 0 aliphatic carbocycles. The van der Waals surface area contributed by atoms with Crippen molar-refractivity contribution in [2.24, 2.45) is 0 Å². The van der Waals surface area contributed by atoms with Gasteiger partial charge < -0.3 is 0 Å². The first-order valence-corrected chi connectivity index (χ1v) is 5.64.